The molecule has 0 aliphatic carbocycles. The Morgan fingerprint density at radius 3 is 2.08 bits per heavy atom. The van der Waals surface area contributed by atoms with E-state index in [1.54, 1.807) is 9.80 Å². The van der Waals surface area contributed by atoms with Crippen molar-refractivity contribution < 1.29 is 19.1 Å². The summed E-state index contributed by atoms with van der Waals surface area (Å²) in [6, 6.07) is 8.99. The number of hydrogen-bond donors (Lipinski definition) is 1. The number of ether oxygens (including phenoxy) is 2. The first-order valence-electron chi connectivity index (χ1n) is 8.77. The van der Waals surface area contributed by atoms with E-state index in [0.717, 1.165) is 5.56 Å². The Morgan fingerprint density at radius 2 is 1.48 bits per heavy atom. The van der Waals surface area contributed by atoms with Crippen molar-refractivity contribution in [3.63, 3.8) is 0 Å². The zero-order valence-electron chi connectivity index (χ0n) is 14.4. The summed E-state index contributed by atoms with van der Waals surface area (Å²) in [6.45, 7) is 4.39. The molecule has 2 aliphatic rings. The van der Waals surface area contributed by atoms with Crippen LogP contribution in [-0.2, 0) is 20.7 Å². The quantitative estimate of drug-likeness (QED) is 0.861. The number of nitrogens with one attached hydrogen (secondary N) is 1. The van der Waals surface area contributed by atoms with Gasteiger partial charge in [0.25, 0.3) is 0 Å². The molecule has 1 atom stereocenters. The van der Waals surface area contributed by atoms with Crippen LogP contribution in [0, 0.1) is 0 Å². The summed E-state index contributed by atoms with van der Waals surface area (Å²) in [5.74, 6) is -0.0474. The minimum atomic E-state index is -0.573. The molecule has 2 saturated heterocycles. The van der Waals surface area contributed by atoms with Crippen LogP contribution >= 0.6 is 0 Å². The molecule has 2 aliphatic heterocycles. The first kappa shape index (κ1) is 17.7. The number of rotatable bonds is 4. The van der Waals surface area contributed by atoms with Crippen molar-refractivity contribution in [2.75, 3.05) is 52.6 Å². The van der Waals surface area contributed by atoms with Crippen LogP contribution in [0.5, 0.6) is 0 Å². The van der Waals surface area contributed by atoms with Gasteiger partial charge >= 0.3 is 6.03 Å². The van der Waals surface area contributed by atoms with Crippen molar-refractivity contribution in [3.8, 4) is 0 Å². The normalized spacial score (nSPS) is 19.4. The summed E-state index contributed by atoms with van der Waals surface area (Å²) in [5.41, 5.74) is 1.02. The molecular formula is C18H25N3O4. The highest BCUT2D eigenvalue weighted by Gasteiger charge is 2.29. The van der Waals surface area contributed by atoms with E-state index < -0.39 is 6.04 Å². The van der Waals surface area contributed by atoms with Gasteiger partial charge in [-0.1, -0.05) is 30.3 Å². The number of benzene rings is 1. The summed E-state index contributed by atoms with van der Waals surface area (Å²) >= 11 is 0. The molecular weight excluding hydrogens is 322 g/mol. The van der Waals surface area contributed by atoms with Gasteiger partial charge in [-0.15, -0.1) is 0 Å². The largest absolute Gasteiger partial charge is 0.378 e. The van der Waals surface area contributed by atoms with Crippen molar-refractivity contribution in [1.82, 2.24) is 15.1 Å². The maximum Gasteiger partial charge on any atom is 0.318 e. The lowest BCUT2D eigenvalue weighted by Crippen LogP contribution is -2.56. The van der Waals surface area contributed by atoms with Crippen molar-refractivity contribution in [3.05, 3.63) is 35.9 Å². The Morgan fingerprint density at radius 1 is 0.920 bits per heavy atom. The molecule has 136 valence electrons. The molecule has 3 rings (SSSR count). The van der Waals surface area contributed by atoms with E-state index >= 15 is 0 Å². The van der Waals surface area contributed by atoms with Crippen LogP contribution in [0.4, 0.5) is 4.79 Å². The number of hydrogen-bond acceptors (Lipinski definition) is 4. The van der Waals surface area contributed by atoms with Crippen LogP contribution in [-0.4, -0.2) is 80.4 Å². The van der Waals surface area contributed by atoms with Gasteiger partial charge in [0.1, 0.15) is 6.04 Å². The fourth-order valence-electron chi connectivity index (χ4n) is 3.06. The third-order valence-corrected chi connectivity index (χ3v) is 4.50. The lowest BCUT2D eigenvalue weighted by molar-refractivity contribution is -0.137. The second-order valence-electron chi connectivity index (χ2n) is 6.23. The van der Waals surface area contributed by atoms with Crippen LogP contribution in [0.1, 0.15) is 5.56 Å². The summed E-state index contributed by atoms with van der Waals surface area (Å²) < 4.78 is 10.6. The van der Waals surface area contributed by atoms with E-state index in [-0.39, 0.29) is 11.9 Å². The first-order valence-corrected chi connectivity index (χ1v) is 8.77. The number of morpholine rings is 2. The molecule has 0 aromatic heterocycles. The Hall–Kier alpha value is -2.12. The van der Waals surface area contributed by atoms with E-state index in [1.807, 2.05) is 30.3 Å². The van der Waals surface area contributed by atoms with Gasteiger partial charge in [0.15, 0.2) is 0 Å². The van der Waals surface area contributed by atoms with E-state index in [1.165, 1.54) is 0 Å². The van der Waals surface area contributed by atoms with E-state index in [4.69, 9.17) is 9.47 Å². The molecule has 2 heterocycles. The monoisotopic (exact) mass is 347 g/mol. The average Bonchev–Trinajstić information content (AvgIpc) is 2.69. The van der Waals surface area contributed by atoms with Crippen molar-refractivity contribution in [2.24, 2.45) is 0 Å². The molecule has 0 bridgehead atoms. The average molecular weight is 347 g/mol. The topological polar surface area (TPSA) is 71.1 Å². The summed E-state index contributed by atoms with van der Waals surface area (Å²) in [5, 5.41) is 2.93. The molecule has 1 aromatic carbocycles. The standard InChI is InChI=1S/C18H25N3O4/c22-17(20-6-10-24-11-7-20)16(14-15-4-2-1-3-5-15)19-18(23)21-8-12-25-13-9-21/h1-5,16H,6-14H2,(H,19,23)/t16-/m0/s1. The third-order valence-electron chi connectivity index (χ3n) is 4.50. The van der Waals surface area contributed by atoms with Gasteiger partial charge in [0.2, 0.25) is 5.91 Å². The van der Waals surface area contributed by atoms with E-state index in [0.29, 0.717) is 59.0 Å². The summed E-state index contributed by atoms with van der Waals surface area (Å²) in [6.07, 6.45) is 0.479. The molecule has 25 heavy (non-hydrogen) atoms. The fraction of sp³-hybridized carbons (Fsp3) is 0.556. The molecule has 0 saturated carbocycles. The highest BCUT2D eigenvalue weighted by Crippen LogP contribution is 2.09. The summed E-state index contributed by atoms with van der Waals surface area (Å²) in [7, 11) is 0. The van der Waals surface area contributed by atoms with Crippen molar-refractivity contribution in [1.29, 1.82) is 0 Å². The number of nitrogens with zero attached hydrogens (tertiary/aromatic N) is 2. The second-order valence-corrected chi connectivity index (χ2v) is 6.23. The van der Waals surface area contributed by atoms with E-state index in [2.05, 4.69) is 5.32 Å². The Balaban J connectivity index is 1.68. The lowest BCUT2D eigenvalue weighted by atomic mass is 10.0. The summed E-state index contributed by atoms with van der Waals surface area (Å²) in [4.78, 5) is 29.0. The number of carbonyl (C=O) groups excluding carboxylic acids is 2. The highest BCUT2D eigenvalue weighted by atomic mass is 16.5. The van der Waals surface area contributed by atoms with Gasteiger partial charge in [-0.3, -0.25) is 4.79 Å². The third kappa shape index (κ3) is 4.93. The van der Waals surface area contributed by atoms with Crippen molar-refractivity contribution >= 4 is 11.9 Å². The van der Waals surface area contributed by atoms with Gasteiger partial charge < -0.3 is 24.6 Å². The Labute approximate surface area is 147 Å². The van der Waals surface area contributed by atoms with Crippen LogP contribution in [0.15, 0.2) is 30.3 Å². The van der Waals surface area contributed by atoms with Gasteiger partial charge in [-0.2, -0.15) is 0 Å². The molecule has 7 heteroatoms. The minimum Gasteiger partial charge on any atom is -0.378 e. The predicted octanol–water partition coefficient (Wildman–Crippen LogP) is 0.498. The van der Waals surface area contributed by atoms with Gasteiger partial charge in [-0.25, -0.2) is 4.79 Å². The van der Waals surface area contributed by atoms with Crippen LogP contribution in [0.25, 0.3) is 0 Å². The maximum atomic E-state index is 12.9. The van der Waals surface area contributed by atoms with E-state index in [9.17, 15) is 9.59 Å². The van der Waals surface area contributed by atoms with Crippen LogP contribution in [0.3, 0.4) is 0 Å². The molecule has 3 amide bonds. The molecule has 1 N–H and O–H groups in total. The van der Waals surface area contributed by atoms with Gasteiger partial charge in [0, 0.05) is 32.6 Å². The number of amides is 3. The Bertz CT molecular complexity index is 569. The molecule has 0 radical (unpaired) electrons. The van der Waals surface area contributed by atoms with Crippen LogP contribution < -0.4 is 5.32 Å². The minimum absolute atomic E-state index is 0.0474. The van der Waals surface area contributed by atoms with Gasteiger partial charge in [0.05, 0.1) is 26.4 Å². The molecule has 0 unspecified atom stereocenters. The zero-order valence-corrected chi connectivity index (χ0v) is 14.4. The fourth-order valence-corrected chi connectivity index (χ4v) is 3.06. The molecule has 0 spiro atoms. The SMILES string of the molecule is O=C(N[C@@H](Cc1ccccc1)C(=O)N1CCOCC1)N1CCOCC1. The first-order chi connectivity index (χ1) is 12.2. The number of urea groups is 1. The predicted molar refractivity (Wildman–Crippen MR) is 92.3 cm³/mol. The smallest absolute Gasteiger partial charge is 0.318 e. The lowest BCUT2D eigenvalue weighted by Gasteiger charge is -2.33. The molecule has 1 aromatic rings. The van der Waals surface area contributed by atoms with Crippen molar-refractivity contribution in [2.45, 2.75) is 12.5 Å². The highest BCUT2D eigenvalue weighted by molar-refractivity contribution is 5.87. The zero-order chi connectivity index (χ0) is 17.5. The van der Waals surface area contributed by atoms with Gasteiger partial charge in [-0.05, 0) is 5.56 Å². The number of carbonyl (C=O) groups is 2. The Kier molecular flexibility index (Phi) is 6.25. The maximum absolute atomic E-state index is 12.9. The molecule has 2 fully saturated rings. The molecule has 7 nitrogen and oxygen atoms in total. The second kappa shape index (κ2) is 8.82. The van der Waals surface area contributed by atoms with Crippen LogP contribution in [0.2, 0.25) is 0 Å².